The van der Waals surface area contributed by atoms with Crippen molar-refractivity contribution >= 4 is 29.7 Å². The van der Waals surface area contributed by atoms with E-state index >= 15 is 0 Å². The molecule has 0 aliphatic carbocycles. The molecule has 0 bridgehead atoms. The van der Waals surface area contributed by atoms with Crippen LogP contribution in [0.25, 0.3) is 0 Å². The van der Waals surface area contributed by atoms with Crippen LogP contribution in [0, 0.1) is 5.92 Å². The number of hydrogen-bond acceptors (Lipinski definition) is 8. The first-order chi connectivity index (χ1) is 13.8. The molecule has 6 atom stereocenters. The summed E-state index contributed by atoms with van der Waals surface area (Å²) in [7, 11) is 0. The molecule has 0 saturated heterocycles. The zero-order chi connectivity index (χ0) is 23.6. The average Bonchev–Trinajstić information content (AvgIpc) is 2.67. The first-order valence-corrected chi connectivity index (χ1v) is 9.25. The lowest BCUT2D eigenvalue weighted by molar-refractivity contribution is -0.147. The summed E-state index contributed by atoms with van der Waals surface area (Å²) in [6.07, 6.45) is -1.64. The third kappa shape index (κ3) is 8.71. The standard InChI is InChI=1S/C17H30N4O9/c1-4-7(2)13(21-15(27)12(18)8(3)23)16(28)20-10(6-22)14(26)19-9(17(29)30)5-11(24)25/h7-10,12-13,22-23H,4-6,18H2,1-3H3,(H,19,26)(H,20,28)(H,21,27)(H,24,25)(H,29,30). The molecule has 0 aromatic carbocycles. The lowest BCUT2D eigenvalue weighted by Crippen LogP contribution is -2.60. The van der Waals surface area contributed by atoms with Crippen molar-refractivity contribution in [3.05, 3.63) is 0 Å². The van der Waals surface area contributed by atoms with Crippen molar-refractivity contribution in [3.8, 4) is 0 Å². The summed E-state index contributed by atoms with van der Waals surface area (Å²) in [5.41, 5.74) is 5.55. The Bertz CT molecular complexity index is 641. The van der Waals surface area contributed by atoms with Gasteiger partial charge in [-0.3, -0.25) is 19.2 Å². The number of carboxylic acids is 2. The molecule has 0 aromatic heterocycles. The number of nitrogens with one attached hydrogen (secondary N) is 3. The number of aliphatic hydroxyl groups excluding tert-OH is 2. The molecule has 0 rings (SSSR count). The van der Waals surface area contributed by atoms with E-state index in [9.17, 15) is 34.2 Å². The molecule has 0 aromatic rings. The number of carbonyl (C=O) groups is 5. The minimum atomic E-state index is -1.77. The number of aliphatic carboxylic acids is 2. The summed E-state index contributed by atoms with van der Waals surface area (Å²) >= 11 is 0. The molecule has 3 amide bonds. The molecule has 13 nitrogen and oxygen atoms in total. The van der Waals surface area contributed by atoms with Crippen molar-refractivity contribution in [2.45, 2.75) is 63.9 Å². The highest BCUT2D eigenvalue weighted by atomic mass is 16.4. The van der Waals surface area contributed by atoms with Crippen molar-refractivity contribution in [1.82, 2.24) is 16.0 Å². The van der Waals surface area contributed by atoms with Crippen molar-refractivity contribution < 1.29 is 44.4 Å². The van der Waals surface area contributed by atoms with E-state index in [2.05, 4.69) is 10.6 Å². The second kappa shape index (κ2) is 12.7. The van der Waals surface area contributed by atoms with Crippen molar-refractivity contribution in [2.24, 2.45) is 11.7 Å². The van der Waals surface area contributed by atoms with Crippen LogP contribution in [0.4, 0.5) is 0 Å². The molecule has 0 heterocycles. The SMILES string of the molecule is CCC(C)C(NC(=O)C(N)C(C)O)C(=O)NC(CO)C(=O)NC(CC(=O)O)C(=O)O. The van der Waals surface area contributed by atoms with E-state index < -0.39 is 78.9 Å². The molecule has 0 aliphatic rings. The van der Waals surface area contributed by atoms with Crippen LogP contribution in [0.15, 0.2) is 0 Å². The van der Waals surface area contributed by atoms with Crippen LogP contribution in [0.1, 0.15) is 33.6 Å². The first-order valence-electron chi connectivity index (χ1n) is 9.25. The van der Waals surface area contributed by atoms with E-state index in [1.807, 2.05) is 5.32 Å². The van der Waals surface area contributed by atoms with Crippen molar-refractivity contribution in [3.63, 3.8) is 0 Å². The number of amides is 3. The maximum absolute atomic E-state index is 12.6. The Morgan fingerprint density at radius 2 is 1.43 bits per heavy atom. The Morgan fingerprint density at radius 3 is 1.83 bits per heavy atom. The van der Waals surface area contributed by atoms with E-state index in [1.165, 1.54) is 6.92 Å². The third-order valence-electron chi connectivity index (χ3n) is 4.42. The number of nitrogens with two attached hydrogens (primary N) is 1. The summed E-state index contributed by atoms with van der Waals surface area (Å²) in [4.78, 5) is 58.7. The van der Waals surface area contributed by atoms with Crippen LogP contribution in [0.2, 0.25) is 0 Å². The fourth-order valence-corrected chi connectivity index (χ4v) is 2.27. The fraction of sp³-hybridized carbons (Fsp3) is 0.706. The smallest absolute Gasteiger partial charge is 0.326 e. The van der Waals surface area contributed by atoms with Gasteiger partial charge >= 0.3 is 11.9 Å². The lowest BCUT2D eigenvalue weighted by atomic mass is 9.97. The van der Waals surface area contributed by atoms with E-state index in [0.29, 0.717) is 6.42 Å². The van der Waals surface area contributed by atoms with E-state index in [0.717, 1.165) is 0 Å². The van der Waals surface area contributed by atoms with Gasteiger partial charge in [0, 0.05) is 0 Å². The molecular formula is C17H30N4O9. The maximum Gasteiger partial charge on any atom is 0.326 e. The predicted molar refractivity (Wildman–Crippen MR) is 102 cm³/mol. The minimum Gasteiger partial charge on any atom is -0.481 e. The van der Waals surface area contributed by atoms with Crippen LogP contribution >= 0.6 is 0 Å². The molecule has 0 spiro atoms. The van der Waals surface area contributed by atoms with Gasteiger partial charge in [0.1, 0.15) is 24.2 Å². The molecule has 30 heavy (non-hydrogen) atoms. The van der Waals surface area contributed by atoms with Crippen LogP contribution in [-0.4, -0.2) is 87.0 Å². The van der Waals surface area contributed by atoms with Gasteiger partial charge in [-0.25, -0.2) is 4.79 Å². The number of carbonyl (C=O) groups excluding carboxylic acids is 3. The first kappa shape index (κ1) is 27.2. The number of rotatable bonds is 13. The Balaban J connectivity index is 5.32. The van der Waals surface area contributed by atoms with Gasteiger partial charge in [0.05, 0.1) is 19.1 Å². The van der Waals surface area contributed by atoms with Gasteiger partial charge in [-0.2, -0.15) is 0 Å². The Kier molecular flexibility index (Phi) is 11.5. The highest BCUT2D eigenvalue weighted by molar-refractivity contribution is 5.94. The normalized spacial score (nSPS) is 16.9. The van der Waals surface area contributed by atoms with Gasteiger partial charge < -0.3 is 42.1 Å². The maximum atomic E-state index is 12.6. The van der Waals surface area contributed by atoms with Crippen LogP contribution in [-0.2, 0) is 24.0 Å². The number of carboxylic acid groups (broad SMARTS) is 2. The monoisotopic (exact) mass is 434 g/mol. The van der Waals surface area contributed by atoms with Crippen molar-refractivity contribution in [1.29, 1.82) is 0 Å². The molecule has 0 saturated carbocycles. The zero-order valence-electron chi connectivity index (χ0n) is 17.0. The largest absolute Gasteiger partial charge is 0.481 e. The quantitative estimate of drug-likeness (QED) is 0.144. The van der Waals surface area contributed by atoms with Gasteiger partial charge in [-0.05, 0) is 12.8 Å². The highest BCUT2D eigenvalue weighted by Crippen LogP contribution is 2.09. The number of aliphatic hydroxyl groups is 2. The molecule has 13 heteroatoms. The second-order valence-electron chi connectivity index (χ2n) is 6.88. The zero-order valence-corrected chi connectivity index (χ0v) is 17.0. The van der Waals surface area contributed by atoms with Gasteiger partial charge in [0.2, 0.25) is 17.7 Å². The van der Waals surface area contributed by atoms with Crippen LogP contribution in [0.5, 0.6) is 0 Å². The Morgan fingerprint density at radius 1 is 0.900 bits per heavy atom. The Labute approximate surface area is 173 Å². The summed E-state index contributed by atoms with van der Waals surface area (Å²) in [6.45, 7) is 3.76. The predicted octanol–water partition coefficient (Wildman–Crippen LogP) is -3.25. The van der Waals surface area contributed by atoms with E-state index in [-0.39, 0.29) is 0 Å². The third-order valence-corrected chi connectivity index (χ3v) is 4.42. The van der Waals surface area contributed by atoms with Gasteiger partial charge in [-0.1, -0.05) is 20.3 Å². The molecular weight excluding hydrogens is 404 g/mol. The fourth-order valence-electron chi connectivity index (χ4n) is 2.27. The van der Waals surface area contributed by atoms with Crippen molar-refractivity contribution in [2.75, 3.05) is 6.61 Å². The molecule has 172 valence electrons. The molecule has 6 unspecified atom stereocenters. The Hall–Kier alpha value is -2.77. The van der Waals surface area contributed by atoms with E-state index in [1.54, 1.807) is 13.8 Å². The molecule has 0 fully saturated rings. The van der Waals surface area contributed by atoms with Crippen LogP contribution in [0.3, 0.4) is 0 Å². The minimum absolute atomic E-state index is 0.420. The van der Waals surface area contributed by atoms with Gasteiger partial charge in [-0.15, -0.1) is 0 Å². The number of hydrogen-bond donors (Lipinski definition) is 8. The average molecular weight is 434 g/mol. The molecule has 9 N–H and O–H groups in total. The summed E-state index contributed by atoms with van der Waals surface area (Å²) in [5.74, 6) is -6.27. The van der Waals surface area contributed by atoms with Crippen LogP contribution < -0.4 is 21.7 Å². The topological polar surface area (TPSA) is 228 Å². The summed E-state index contributed by atoms with van der Waals surface area (Å²) in [6, 6.07) is -5.82. The summed E-state index contributed by atoms with van der Waals surface area (Å²) < 4.78 is 0. The van der Waals surface area contributed by atoms with Gasteiger partial charge in [0.25, 0.3) is 0 Å². The highest BCUT2D eigenvalue weighted by Gasteiger charge is 2.33. The molecule has 0 aliphatic heterocycles. The lowest BCUT2D eigenvalue weighted by Gasteiger charge is -2.27. The molecule has 0 radical (unpaired) electrons. The van der Waals surface area contributed by atoms with E-state index in [4.69, 9.17) is 15.9 Å². The summed E-state index contributed by atoms with van der Waals surface area (Å²) in [5, 5.41) is 43.0. The second-order valence-corrected chi connectivity index (χ2v) is 6.88. The van der Waals surface area contributed by atoms with Gasteiger partial charge in [0.15, 0.2) is 0 Å².